The average Bonchev–Trinajstić information content (AvgIpc) is 2.25. The summed E-state index contributed by atoms with van der Waals surface area (Å²) in [5.41, 5.74) is 0.482. The van der Waals surface area contributed by atoms with Crippen molar-refractivity contribution in [1.82, 2.24) is 9.80 Å². The second-order valence-corrected chi connectivity index (χ2v) is 5.73. The van der Waals surface area contributed by atoms with E-state index in [0.717, 1.165) is 13.1 Å². The van der Waals surface area contributed by atoms with Gasteiger partial charge in [0.15, 0.2) is 0 Å². The van der Waals surface area contributed by atoms with Gasteiger partial charge in [-0.2, -0.15) is 0 Å². The van der Waals surface area contributed by atoms with Gasteiger partial charge in [-0.15, -0.1) is 0 Å². The highest BCUT2D eigenvalue weighted by Crippen LogP contribution is 2.40. The molecule has 3 nitrogen and oxygen atoms in total. The Labute approximate surface area is 98.8 Å². The highest BCUT2D eigenvalue weighted by atomic mass is 16.2. The first-order valence-electron chi connectivity index (χ1n) is 6.58. The van der Waals surface area contributed by atoms with Crippen LogP contribution in [0.25, 0.3) is 0 Å². The predicted octanol–water partition coefficient (Wildman–Crippen LogP) is 1.73. The third-order valence-electron chi connectivity index (χ3n) is 4.30. The van der Waals surface area contributed by atoms with Gasteiger partial charge in [0.1, 0.15) is 0 Å². The topological polar surface area (TPSA) is 23.6 Å². The first-order valence-corrected chi connectivity index (χ1v) is 6.58. The normalized spacial score (nSPS) is 24.9. The summed E-state index contributed by atoms with van der Waals surface area (Å²) in [6, 6.07) is 0.672. The molecule has 2 aliphatic heterocycles. The molecule has 0 aliphatic carbocycles. The molecule has 0 aromatic carbocycles. The van der Waals surface area contributed by atoms with Crippen molar-refractivity contribution in [2.24, 2.45) is 5.41 Å². The summed E-state index contributed by atoms with van der Waals surface area (Å²) >= 11 is 0. The van der Waals surface area contributed by atoms with Crippen molar-refractivity contribution in [2.75, 3.05) is 26.2 Å². The molecule has 2 fully saturated rings. The standard InChI is InChI=1S/C13H24N2O/c1-4-12(16)15-9-13(10-15)5-7-14(8-6-13)11(2)3/h11H,4-10H2,1-3H3. The molecular formula is C13H24N2O. The maximum Gasteiger partial charge on any atom is 0.222 e. The number of hydrogen-bond donors (Lipinski definition) is 0. The third kappa shape index (κ3) is 2.10. The van der Waals surface area contributed by atoms with Crippen LogP contribution in [0.1, 0.15) is 40.0 Å². The summed E-state index contributed by atoms with van der Waals surface area (Å²) in [5, 5.41) is 0. The van der Waals surface area contributed by atoms with Crippen molar-refractivity contribution in [3.8, 4) is 0 Å². The summed E-state index contributed by atoms with van der Waals surface area (Å²) in [6.07, 6.45) is 3.21. The average molecular weight is 224 g/mol. The molecule has 1 spiro atoms. The number of amides is 1. The van der Waals surface area contributed by atoms with Gasteiger partial charge in [0.25, 0.3) is 0 Å². The van der Waals surface area contributed by atoms with Crippen molar-refractivity contribution in [3.05, 3.63) is 0 Å². The van der Waals surface area contributed by atoms with E-state index in [0.29, 0.717) is 23.8 Å². The molecule has 0 atom stereocenters. The van der Waals surface area contributed by atoms with E-state index in [1.807, 2.05) is 11.8 Å². The van der Waals surface area contributed by atoms with Gasteiger partial charge in [-0.25, -0.2) is 0 Å². The molecule has 16 heavy (non-hydrogen) atoms. The van der Waals surface area contributed by atoms with Crippen LogP contribution in [0.2, 0.25) is 0 Å². The number of rotatable bonds is 2. The Morgan fingerprint density at radius 3 is 2.25 bits per heavy atom. The highest BCUT2D eigenvalue weighted by Gasteiger charge is 2.46. The summed E-state index contributed by atoms with van der Waals surface area (Å²) in [4.78, 5) is 16.1. The van der Waals surface area contributed by atoms with Crippen LogP contribution in [0.15, 0.2) is 0 Å². The number of likely N-dealkylation sites (tertiary alicyclic amines) is 2. The van der Waals surface area contributed by atoms with E-state index in [1.165, 1.54) is 25.9 Å². The summed E-state index contributed by atoms with van der Waals surface area (Å²) in [7, 11) is 0. The van der Waals surface area contributed by atoms with Crippen molar-refractivity contribution in [2.45, 2.75) is 46.1 Å². The summed E-state index contributed by atoms with van der Waals surface area (Å²) < 4.78 is 0. The van der Waals surface area contributed by atoms with Crippen LogP contribution in [0, 0.1) is 5.41 Å². The minimum Gasteiger partial charge on any atom is -0.341 e. The zero-order valence-corrected chi connectivity index (χ0v) is 10.8. The zero-order chi connectivity index (χ0) is 11.8. The second-order valence-electron chi connectivity index (χ2n) is 5.73. The molecular weight excluding hydrogens is 200 g/mol. The fourth-order valence-electron chi connectivity index (χ4n) is 2.99. The maximum absolute atomic E-state index is 11.5. The Bertz CT molecular complexity index is 259. The zero-order valence-electron chi connectivity index (χ0n) is 10.8. The molecule has 2 heterocycles. The van der Waals surface area contributed by atoms with E-state index in [4.69, 9.17) is 0 Å². The quantitative estimate of drug-likeness (QED) is 0.713. The van der Waals surface area contributed by atoms with Gasteiger partial charge < -0.3 is 9.80 Å². The first kappa shape index (κ1) is 11.9. The Kier molecular flexibility index (Phi) is 3.24. The first-order chi connectivity index (χ1) is 7.56. The molecule has 2 rings (SSSR count). The largest absolute Gasteiger partial charge is 0.341 e. The van der Waals surface area contributed by atoms with Crippen LogP contribution in [-0.2, 0) is 4.79 Å². The van der Waals surface area contributed by atoms with Crippen molar-refractivity contribution < 1.29 is 4.79 Å². The van der Waals surface area contributed by atoms with Crippen LogP contribution in [0.5, 0.6) is 0 Å². The third-order valence-corrected chi connectivity index (χ3v) is 4.30. The molecule has 1 amide bonds. The predicted molar refractivity (Wildman–Crippen MR) is 65.2 cm³/mol. The molecule has 2 aliphatic rings. The number of nitrogens with zero attached hydrogens (tertiary/aromatic N) is 2. The van der Waals surface area contributed by atoms with Crippen molar-refractivity contribution in [1.29, 1.82) is 0 Å². The molecule has 2 saturated heterocycles. The van der Waals surface area contributed by atoms with E-state index in [1.54, 1.807) is 0 Å². The molecule has 0 N–H and O–H groups in total. The molecule has 0 aromatic heterocycles. The highest BCUT2D eigenvalue weighted by molar-refractivity contribution is 5.76. The lowest BCUT2D eigenvalue weighted by Gasteiger charge is -2.54. The molecule has 0 radical (unpaired) electrons. The monoisotopic (exact) mass is 224 g/mol. The lowest BCUT2D eigenvalue weighted by Crippen LogP contribution is -2.62. The van der Waals surface area contributed by atoms with Gasteiger partial charge in [0.2, 0.25) is 5.91 Å². The lowest BCUT2D eigenvalue weighted by atomic mass is 9.71. The molecule has 0 aromatic rings. The second kappa shape index (κ2) is 4.36. The van der Waals surface area contributed by atoms with E-state index in [2.05, 4.69) is 18.7 Å². The fraction of sp³-hybridized carbons (Fsp3) is 0.923. The Morgan fingerprint density at radius 1 is 1.25 bits per heavy atom. The number of carbonyl (C=O) groups is 1. The lowest BCUT2D eigenvalue weighted by molar-refractivity contribution is -0.146. The van der Waals surface area contributed by atoms with Crippen LogP contribution in [-0.4, -0.2) is 47.9 Å². The molecule has 0 saturated carbocycles. The van der Waals surface area contributed by atoms with Crippen LogP contribution >= 0.6 is 0 Å². The van der Waals surface area contributed by atoms with E-state index in [9.17, 15) is 4.79 Å². The van der Waals surface area contributed by atoms with Crippen molar-refractivity contribution >= 4 is 5.91 Å². The smallest absolute Gasteiger partial charge is 0.222 e. The van der Waals surface area contributed by atoms with Gasteiger partial charge in [0, 0.05) is 31.0 Å². The van der Waals surface area contributed by atoms with Crippen LogP contribution < -0.4 is 0 Å². The molecule has 92 valence electrons. The van der Waals surface area contributed by atoms with Gasteiger partial charge in [-0.05, 0) is 39.8 Å². The number of carbonyl (C=O) groups excluding carboxylic acids is 1. The Balaban J connectivity index is 1.81. The minimum absolute atomic E-state index is 0.330. The summed E-state index contributed by atoms with van der Waals surface area (Å²) in [6.45, 7) is 11.0. The van der Waals surface area contributed by atoms with E-state index < -0.39 is 0 Å². The van der Waals surface area contributed by atoms with E-state index in [-0.39, 0.29) is 0 Å². The maximum atomic E-state index is 11.5. The molecule has 3 heteroatoms. The van der Waals surface area contributed by atoms with Crippen LogP contribution in [0.3, 0.4) is 0 Å². The minimum atomic E-state index is 0.330. The SMILES string of the molecule is CCC(=O)N1CC2(CCN(C(C)C)CC2)C1. The number of piperidine rings is 1. The van der Waals surface area contributed by atoms with Gasteiger partial charge in [-0.1, -0.05) is 6.92 Å². The van der Waals surface area contributed by atoms with Gasteiger partial charge >= 0.3 is 0 Å². The molecule has 0 bridgehead atoms. The Morgan fingerprint density at radius 2 is 1.81 bits per heavy atom. The van der Waals surface area contributed by atoms with Crippen molar-refractivity contribution in [3.63, 3.8) is 0 Å². The van der Waals surface area contributed by atoms with Gasteiger partial charge in [-0.3, -0.25) is 4.79 Å². The Hall–Kier alpha value is -0.570. The fourth-order valence-corrected chi connectivity index (χ4v) is 2.99. The molecule has 0 unspecified atom stereocenters. The van der Waals surface area contributed by atoms with Crippen LogP contribution in [0.4, 0.5) is 0 Å². The number of hydrogen-bond acceptors (Lipinski definition) is 2. The van der Waals surface area contributed by atoms with E-state index >= 15 is 0 Å². The summed E-state index contributed by atoms with van der Waals surface area (Å²) in [5.74, 6) is 0.330. The van der Waals surface area contributed by atoms with Gasteiger partial charge in [0.05, 0.1) is 0 Å².